The van der Waals surface area contributed by atoms with Crippen LogP contribution in [0.2, 0.25) is 5.02 Å². The normalized spacial score (nSPS) is 10.1. The fourth-order valence-corrected chi connectivity index (χ4v) is 2.29. The molecule has 0 atom stereocenters. The molecule has 24 heavy (non-hydrogen) atoms. The Balaban J connectivity index is 2.37. The number of hydrogen-bond acceptors (Lipinski definition) is 6. The van der Waals surface area contributed by atoms with Crippen LogP contribution in [0.1, 0.15) is 15.9 Å². The van der Waals surface area contributed by atoms with E-state index in [9.17, 15) is 9.59 Å². The Morgan fingerprint density at radius 1 is 1.08 bits per heavy atom. The van der Waals surface area contributed by atoms with Crippen molar-refractivity contribution in [3.05, 3.63) is 52.5 Å². The molecule has 2 rings (SSSR count). The average molecular weight is 349 g/mol. The zero-order valence-corrected chi connectivity index (χ0v) is 14.0. The highest BCUT2D eigenvalue weighted by Gasteiger charge is 2.14. The number of anilines is 3. The van der Waals surface area contributed by atoms with Gasteiger partial charge in [-0.15, -0.1) is 0 Å². The van der Waals surface area contributed by atoms with Crippen molar-refractivity contribution in [1.29, 1.82) is 0 Å². The van der Waals surface area contributed by atoms with Crippen molar-refractivity contribution < 1.29 is 19.1 Å². The van der Waals surface area contributed by atoms with Gasteiger partial charge in [-0.05, 0) is 35.9 Å². The zero-order valence-electron chi connectivity index (χ0n) is 13.3. The molecule has 0 aromatic heterocycles. The molecule has 0 saturated heterocycles. The maximum absolute atomic E-state index is 11.9. The molecule has 126 valence electrons. The summed E-state index contributed by atoms with van der Waals surface area (Å²) >= 11 is 6.01. The van der Waals surface area contributed by atoms with E-state index in [0.717, 1.165) is 5.56 Å². The number of ether oxygens (including phenoxy) is 2. The van der Waals surface area contributed by atoms with Crippen LogP contribution in [0.3, 0.4) is 0 Å². The molecule has 2 aromatic rings. The third kappa shape index (κ3) is 4.17. The highest BCUT2D eigenvalue weighted by molar-refractivity contribution is 6.31. The number of esters is 2. The molecule has 0 aliphatic heterocycles. The predicted molar refractivity (Wildman–Crippen MR) is 92.6 cm³/mol. The summed E-state index contributed by atoms with van der Waals surface area (Å²) in [6.45, 7) is 0. The van der Waals surface area contributed by atoms with Crippen molar-refractivity contribution in [3.8, 4) is 0 Å². The molecule has 2 aromatic carbocycles. The van der Waals surface area contributed by atoms with E-state index in [-0.39, 0.29) is 12.4 Å². The third-order valence-corrected chi connectivity index (χ3v) is 3.59. The fourth-order valence-electron chi connectivity index (χ4n) is 2.11. The predicted octanol–water partition coefficient (Wildman–Crippen LogP) is 3.17. The third-order valence-electron chi connectivity index (χ3n) is 3.35. The Morgan fingerprint density at radius 2 is 1.83 bits per heavy atom. The van der Waals surface area contributed by atoms with E-state index in [0.29, 0.717) is 27.6 Å². The van der Waals surface area contributed by atoms with Crippen LogP contribution in [0.4, 0.5) is 17.1 Å². The number of nitrogen functional groups attached to an aromatic ring is 1. The summed E-state index contributed by atoms with van der Waals surface area (Å²) in [7, 11) is 2.62. The first-order chi connectivity index (χ1) is 11.4. The summed E-state index contributed by atoms with van der Waals surface area (Å²) in [4.78, 5) is 23.3. The van der Waals surface area contributed by atoms with Gasteiger partial charge in [0.1, 0.15) is 0 Å². The van der Waals surface area contributed by atoms with Gasteiger partial charge in [0.15, 0.2) is 0 Å². The van der Waals surface area contributed by atoms with Crippen LogP contribution in [0.15, 0.2) is 36.4 Å². The number of carbonyl (C=O) groups excluding carboxylic acids is 2. The van der Waals surface area contributed by atoms with Gasteiger partial charge in [0.2, 0.25) is 0 Å². The Morgan fingerprint density at radius 3 is 2.50 bits per heavy atom. The molecule has 0 unspecified atom stereocenters. The number of halogens is 1. The number of nitrogens with one attached hydrogen (secondary N) is 1. The first kappa shape index (κ1) is 17.6. The molecular weight excluding hydrogens is 332 g/mol. The maximum atomic E-state index is 11.9. The molecule has 0 bridgehead atoms. The number of hydrogen-bond donors (Lipinski definition) is 2. The van der Waals surface area contributed by atoms with E-state index >= 15 is 0 Å². The van der Waals surface area contributed by atoms with Crippen LogP contribution in [-0.2, 0) is 20.7 Å². The van der Waals surface area contributed by atoms with Crippen LogP contribution in [0, 0.1) is 0 Å². The van der Waals surface area contributed by atoms with Crippen molar-refractivity contribution in [1.82, 2.24) is 0 Å². The number of carbonyl (C=O) groups is 2. The van der Waals surface area contributed by atoms with E-state index in [1.807, 2.05) is 0 Å². The highest BCUT2D eigenvalue weighted by Crippen LogP contribution is 2.29. The standard InChI is InChI=1S/C17H17ClN2O4/c1-23-16(21)8-10-3-6-13(19)15(7-10)20-14-9-11(18)4-5-12(14)17(22)24-2/h3-7,9,20H,8,19H2,1-2H3. The fraction of sp³-hybridized carbons (Fsp3) is 0.176. The second-order valence-electron chi connectivity index (χ2n) is 4.98. The number of rotatable bonds is 5. The van der Waals surface area contributed by atoms with Crippen LogP contribution < -0.4 is 11.1 Å². The monoisotopic (exact) mass is 348 g/mol. The smallest absolute Gasteiger partial charge is 0.339 e. The molecule has 0 saturated carbocycles. The number of methoxy groups -OCH3 is 2. The van der Waals surface area contributed by atoms with Gasteiger partial charge in [-0.2, -0.15) is 0 Å². The first-order valence-electron chi connectivity index (χ1n) is 7.04. The van der Waals surface area contributed by atoms with Gasteiger partial charge in [-0.3, -0.25) is 4.79 Å². The minimum Gasteiger partial charge on any atom is -0.469 e. The Kier molecular flexibility index (Phi) is 5.65. The van der Waals surface area contributed by atoms with Crippen LogP contribution in [0.5, 0.6) is 0 Å². The second kappa shape index (κ2) is 7.70. The quantitative estimate of drug-likeness (QED) is 0.637. The van der Waals surface area contributed by atoms with Gasteiger partial charge in [-0.1, -0.05) is 17.7 Å². The summed E-state index contributed by atoms with van der Waals surface area (Å²) < 4.78 is 9.42. The molecule has 0 heterocycles. The van der Waals surface area contributed by atoms with Crippen molar-refractivity contribution in [2.45, 2.75) is 6.42 Å². The molecular formula is C17H17ClN2O4. The highest BCUT2D eigenvalue weighted by atomic mass is 35.5. The summed E-state index contributed by atoms with van der Waals surface area (Å²) in [6, 6.07) is 9.87. The van der Waals surface area contributed by atoms with Crippen molar-refractivity contribution in [2.24, 2.45) is 0 Å². The Hall–Kier alpha value is -2.73. The molecule has 0 amide bonds. The Labute approximate surface area is 144 Å². The van der Waals surface area contributed by atoms with E-state index < -0.39 is 5.97 Å². The van der Waals surface area contributed by atoms with Crippen molar-refractivity contribution in [3.63, 3.8) is 0 Å². The topological polar surface area (TPSA) is 90.6 Å². The SMILES string of the molecule is COC(=O)Cc1ccc(N)c(Nc2cc(Cl)ccc2C(=O)OC)c1. The number of benzene rings is 2. The molecule has 0 spiro atoms. The summed E-state index contributed by atoms with van der Waals surface area (Å²) in [5.41, 5.74) is 8.47. The van der Waals surface area contributed by atoms with Gasteiger partial charge in [0, 0.05) is 5.02 Å². The molecule has 0 radical (unpaired) electrons. The molecule has 3 N–H and O–H groups in total. The molecule has 6 nitrogen and oxygen atoms in total. The van der Waals surface area contributed by atoms with Crippen LogP contribution in [0.25, 0.3) is 0 Å². The van der Waals surface area contributed by atoms with E-state index in [4.69, 9.17) is 22.1 Å². The summed E-state index contributed by atoms with van der Waals surface area (Å²) in [5, 5.41) is 3.52. The van der Waals surface area contributed by atoms with E-state index in [1.54, 1.807) is 36.4 Å². The van der Waals surface area contributed by atoms with Gasteiger partial charge in [0.25, 0.3) is 0 Å². The molecule has 0 aliphatic carbocycles. The maximum Gasteiger partial charge on any atom is 0.339 e. The lowest BCUT2D eigenvalue weighted by atomic mass is 10.1. The Bertz CT molecular complexity index is 777. The van der Waals surface area contributed by atoms with Crippen LogP contribution >= 0.6 is 11.6 Å². The van der Waals surface area contributed by atoms with Gasteiger partial charge in [-0.25, -0.2) is 4.79 Å². The van der Waals surface area contributed by atoms with Gasteiger partial charge >= 0.3 is 11.9 Å². The minimum atomic E-state index is -0.501. The molecule has 0 aliphatic rings. The second-order valence-corrected chi connectivity index (χ2v) is 5.42. The lowest BCUT2D eigenvalue weighted by Crippen LogP contribution is -2.08. The van der Waals surface area contributed by atoms with Gasteiger partial charge in [0.05, 0.1) is 43.3 Å². The van der Waals surface area contributed by atoms with Crippen molar-refractivity contribution >= 4 is 40.6 Å². The van der Waals surface area contributed by atoms with Gasteiger partial charge < -0.3 is 20.5 Å². The number of nitrogens with two attached hydrogens (primary N) is 1. The first-order valence-corrected chi connectivity index (χ1v) is 7.42. The average Bonchev–Trinajstić information content (AvgIpc) is 2.57. The minimum absolute atomic E-state index is 0.116. The lowest BCUT2D eigenvalue weighted by molar-refractivity contribution is -0.139. The van der Waals surface area contributed by atoms with E-state index in [2.05, 4.69) is 10.1 Å². The molecule has 0 fully saturated rings. The largest absolute Gasteiger partial charge is 0.469 e. The van der Waals surface area contributed by atoms with Crippen molar-refractivity contribution in [2.75, 3.05) is 25.3 Å². The van der Waals surface area contributed by atoms with E-state index in [1.165, 1.54) is 14.2 Å². The molecule has 7 heteroatoms. The zero-order chi connectivity index (χ0) is 17.7. The summed E-state index contributed by atoms with van der Waals surface area (Å²) in [5.74, 6) is -0.859. The summed E-state index contributed by atoms with van der Waals surface area (Å²) in [6.07, 6.45) is 0.116. The van der Waals surface area contributed by atoms with Crippen LogP contribution in [-0.4, -0.2) is 26.2 Å². The lowest BCUT2D eigenvalue weighted by Gasteiger charge is -2.14.